The number of rotatable bonds is 9. The molecule has 1 unspecified atom stereocenters. The van der Waals surface area contributed by atoms with Crippen LogP contribution in [-0.4, -0.2) is 55.5 Å². The average Bonchev–Trinajstić information content (AvgIpc) is 3.42. The number of amides is 2. The summed E-state index contributed by atoms with van der Waals surface area (Å²) < 4.78 is 46.7. The maximum atomic E-state index is 13.3. The van der Waals surface area contributed by atoms with Crippen LogP contribution >= 0.6 is 11.3 Å². The number of aliphatic hydroxyl groups is 2. The summed E-state index contributed by atoms with van der Waals surface area (Å²) in [5.41, 5.74) is -0.681. The van der Waals surface area contributed by atoms with Gasteiger partial charge in [0, 0.05) is 60.4 Å². The van der Waals surface area contributed by atoms with Crippen molar-refractivity contribution in [3.05, 3.63) is 57.6 Å². The molecule has 0 aliphatic carbocycles. The zero-order chi connectivity index (χ0) is 29.0. The lowest BCUT2D eigenvalue weighted by molar-refractivity contribution is -0.140. The molecule has 0 saturated heterocycles. The molecule has 0 spiro atoms. The highest BCUT2D eigenvalue weighted by molar-refractivity contribution is 7.13. The molecule has 1 atom stereocenters. The minimum Gasteiger partial charge on any atom is -0.395 e. The number of urea groups is 1. The van der Waals surface area contributed by atoms with Crippen molar-refractivity contribution < 1.29 is 32.9 Å². The van der Waals surface area contributed by atoms with Crippen LogP contribution in [0.15, 0.2) is 40.9 Å². The Hall–Kier alpha value is -3.92. The Kier molecular flexibility index (Phi) is 8.78. The number of nitrogens with one attached hydrogen (secondary N) is 2. The lowest BCUT2D eigenvalue weighted by Gasteiger charge is -2.16. The number of pyridine rings is 3. The van der Waals surface area contributed by atoms with E-state index in [0.29, 0.717) is 17.7 Å². The highest BCUT2D eigenvalue weighted by Crippen LogP contribution is 2.38. The molecule has 4 aromatic rings. The van der Waals surface area contributed by atoms with Crippen molar-refractivity contribution >= 4 is 34.2 Å². The number of nitrogens with zero attached hydrogens (tertiary/aromatic N) is 4. The number of ether oxygens (including phenoxy) is 1. The molecule has 0 bridgehead atoms. The SMILES string of the molecule is CCNC(=O)Nc1cc(-c2nc(C(F)(F)F)cs2)c(-c2cnc3c(c2)c(=O)c(C(O)OCC)cn3CCO)cn1. The van der Waals surface area contributed by atoms with Crippen molar-refractivity contribution in [1.82, 2.24) is 24.8 Å². The highest BCUT2D eigenvalue weighted by Gasteiger charge is 2.34. The monoisotopic (exact) mass is 578 g/mol. The van der Waals surface area contributed by atoms with E-state index in [1.165, 1.54) is 35.3 Å². The molecule has 0 saturated carbocycles. The van der Waals surface area contributed by atoms with E-state index in [1.807, 2.05) is 0 Å². The van der Waals surface area contributed by atoms with E-state index >= 15 is 0 Å². The second kappa shape index (κ2) is 12.1. The molecule has 0 fully saturated rings. The van der Waals surface area contributed by atoms with Gasteiger partial charge in [0.15, 0.2) is 17.4 Å². The van der Waals surface area contributed by atoms with E-state index in [0.717, 1.165) is 16.7 Å². The minimum atomic E-state index is -4.66. The van der Waals surface area contributed by atoms with Gasteiger partial charge in [-0.2, -0.15) is 13.2 Å². The third-order valence-corrected chi connectivity index (χ3v) is 6.57. The number of hydrogen-bond acceptors (Lipinski definition) is 9. The topological polar surface area (TPSA) is 151 Å². The largest absolute Gasteiger partial charge is 0.434 e. The minimum absolute atomic E-state index is 0.00184. The summed E-state index contributed by atoms with van der Waals surface area (Å²) in [6.07, 6.45) is -2.09. The van der Waals surface area contributed by atoms with Crippen LogP contribution in [0.5, 0.6) is 0 Å². The summed E-state index contributed by atoms with van der Waals surface area (Å²) in [6, 6.07) is 2.30. The smallest absolute Gasteiger partial charge is 0.395 e. The molecule has 15 heteroatoms. The normalized spacial score (nSPS) is 12.5. The van der Waals surface area contributed by atoms with Crippen LogP contribution in [0, 0.1) is 0 Å². The summed E-state index contributed by atoms with van der Waals surface area (Å²) >= 11 is 0.753. The number of carbonyl (C=O) groups is 1. The zero-order valence-electron chi connectivity index (χ0n) is 21.3. The van der Waals surface area contributed by atoms with Gasteiger partial charge in [-0.3, -0.25) is 10.1 Å². The van der Waals surface area contributed by atoms with E-state index < -0.39 is 29.6 Å². The van der Waals surface area contributed by atoms with Crippen LogP contribution in [0.4, 0.5) is 23.8 Å². The predicted molar refractivity (Wildman–Crippen MR) is 142 cm³/mol. The van der Waals surface area contributed by atoms with Crippen molar-refractivity contribution in [2.24, 2.45) is 0 Å². The number of aliphatic hydroxyl groups excluding tert-OH is 2. The lowest BCUT2D eigenvalue weighted by atomic mass is 10.0. The Morgan fingerprint density at radius 3 is 2.62 bits per heavy atom. The van der Waals surface area contributed by atoms with Gasteiger partial charge in [0.05, 0.1) is 17.6 Å². The summed E-state index contributed by atoms with van der Waals surface area (Å²) in [5, 5.41) is 25.9. The van der Waals surface area contributed by atoms with Crippen LogP contribution < -0.4 is 16.1 Å². The second-order valence-electron chi connectivity index (χ2n) is 8.37. The summed E-state index contributed by atoms with van der Waals surface area (Å²) in [5.74, 6) is 0.0645. The van der Waals surface area contributed by atoms with Crippen molar-refractivity contribution in [1.29, 1.82) is 0 Å². The van der Waals surface area contributed by atoms with E-state index in [1.54, 1.807) is 13.8 Å². The number of anilines is 1. The molecular formula is C25H25F3N6O5S. The number of fused-ring (bicyclic) bond motifs is 1. The van der Waals surface area contributed by atoms with Gasteiger partial charge < -0.3 is 24.8 Å². The van der Waals surface area contributed by atoms with Gasteiger partial charge in [-0.15, -0.1) is 11.3 Å². The summed E-state index contributed by atoms with van der Waals surface area (Å²) in [7, 11) is 0. The number of hydrogen-bond donors (Lipinski definition) is 4. The first-order valence-corrected chi connectivity index (χ1v) is 13.0. The zero-order valence-corrected chi connectivity index (χ0v) is 22.1. The maximum Gasteiger partial charge on any atom is 0.434 e. The molecule has 0 aliphatic rings. The van der Waals surface area contributed by atoms with Crippen molar-refractivity contribution in [2.75, 3.05) is 25.1 Å². The fourth-order valence-corrected chi connectivity index (χ4v) is 4.78. The van der Waals surface area contributed by atoms with Gasteiger partial charge in [0.25, 0.3) is 0 Å². The van der Waals surface area contributed by atoms with Gasteiger partial charge in [-0.25, -0.2) is 19.7 Å². The quantitative estimate of drug-likeness (QED) is 0.219. The molecule has 11 nitrogen and oxygen atoms in total. The number of aromatic nitrogens is 4. The van der Waals surface area contributed by atoms with Crippen LogP contribution in [0.2, 0.25) is 0 Å². The van der Waals surface area contributed by atoms with Gasteiger partial charge in [0.2, 0.25) is 0 Å². The fourth-order valence-electron chi connectivity index (χ4n) is 3.93. The van der Waals surface area contributed by atoms with Gasteiger partial charge >= 0.3 is 12.2 Å². The van der Waals surface area contributed by atoms with Crippen LogP contribution in [0.3, 0.4) is 0 Å². The molecule has 4 aromatic heterocycles. The molecule has 212 valence electrons. The second-order valence-corrected chi connectivity index (χ2v) is 9.23. The van der Waals surface area contributed by atoms with Gasteiger partial charge in [0.1, 0.15) is 16.5 Å². The molecule has 40 heavy (non-hydrogen) atoms. The first-order valence-electron chi connectivity index (χ1n) is 12.1. The van der Waals surface area contributed by atoms with Crippen LogP contribution in [-0.2, 0) is 17.5 Å². The lowest BCUT2D eigenvalue weighted by Crippen LogP contribution is -2.28. The summed E-state index contributed by atoms with van der Waals surface area (Å²) in [4.78, 5) is 37.7. The van der Waals surface area contributed by atoms with Gasteiger partial charge in [-0.1, -0.05) is 0 Å². The Balaban J connectivity index is 1.91. The molecule has 0 aliphatic heterocycles. The van der Waals surface area contributed by atoms with Gasteiger partial charge in [-0.05, 0) is 26.0 Å². The molecule has 0 radical (unpaired) electrons. The summed E-state index contributed by atoms with van der Waals surface area (Å²) in [6.45, 7) is 3.64. The number of alkyl halides is 3. The standard InChI is InChI=1S/C25H25F3N6O5S/c1-3-29-24(38)33-19-8-14(22-32-18(12-40-22)25(26,27)28)16(10-30-19)13-7-15-20(36)17(23(37)39-4-2)11-34(5-6-35)21(15)31-9-13/h7-12,23,35,37H,3-6H2,1-2H3,(H2,29,30,33,38). The van der Waals surface area contributed by atoms with Crippen molar-refractivity contribution in [2.45, 2.75) is 32.9 Å². The average molecular weight is 579 g/mol. The Labute approximate surface area is 229 Å². The number of carbonyl (C=O) groups excluding carboxylic acids is 1. The Bertz CT molecular complexity index is 1590. The van der Waals surface area contributed by atoms with E-state index in [4.69, 9.17) is 4.74 Å². The number of thiazole rings is 1. The third-order valence-electron chi connectivity index (χ3n) is 5.69. The fraction of sp³-hybridized carbons (Fsp3) is 0.320. The van der Waals surface area contributed by atoms with Crippen molar-refractivity contribution in [3.8, 4) is 21.7 Å². The molecule has 4 rings (SSSR count). The molecule has 4 heterocycles. The number of halogens is 3. The maximum absolute atomic E-state index is 13.3. The Morgan fingerprint density at radius 1 is 1.20 bits per heavy atom. The molecule has 2 amide bonds. The van der Waals surface area contributed by atoms with Crippen LogP contribution in [0.1, 0.15) is 31.4 Å². The Morgan fingerprint density at radius 2 is 1.98 bits per heavy atom. The third kappa shape index (κ3) is 6.12. The highest BCUT2D eigenvalue weighted by atomic mass is 32.1. The first kappa shape index (κ1) is 29.1. The molecule has 0 aromatic carbocycles. The molecular weight excluding hydrogens is 553 g/mol. The van der Waals surface area contributed by atoms with E-state index in [2.05, 4.69) is 25.6 Å². The molecule has 4 N–H and O–H groups in total. The predicted octanol–water partition coefficient (Wildman–Crippen LogP) is 3.76. The first-order chi connectivity index (χ1) is 19.1. The van der Waals surface area contributed by atoms with E-state index in [-0.39, 0.29) is 52.7 Å². The van der Waals surface area contributed by atoms with E-state index in [9.17, 15) is 33.0 Å². The van der Waals surface area contributed by atoms with Crippen LogP contribution in [0.25, 0.3) is 32.7 Å². The van der Waals surface area contributed by atoms with Crippen molar-refractivity contribution in [3.63, 3.8) is 0 Å².